The molecule has 0 atom stereocenters. The monoisotopic (exact) mass is 325 g/mol. The Balaban J connectivity index is 2.91. The van der Waals surface area contributed by atoms with Crippen molar-refractivity contribution >= 4 is 11.9 Å². The Morgan fingerprint density at radius 1 is 1.13 bits per heavy atom. The van der Waals surface area contributed by atoms with Gasteiger partial charge in [0.1, 0.15) is 24.7 Å². The lowest BCUT2D eigenvalue weighted by molar-refractivity contribution is -0.147. The first-order valence-electron chi connectivity index (χ1n) is 7.18. The van der Waals surface area contributed by atoms with E-state index in [0.29, 0.717) is 17.1 Å². The van der Waals surface area contributed by atoms with Crippen LogP contribution < -0.4 is 9.47 Å². The summed E-state index contributed by atoms with van der Waals surface area (Å²) < 4.78 is 15.6. The minimum atomic E-state index is -1.09. The normalized spacial score (nSPS) is 10.5. The van der Waals surface area contributed by atoms with Crippen molar-refractivity contribution in [1.29, 1.82) is 0 Å². The topological polar surface area (TPSA) is 85.3 Å². The third kappa shape index (κ3) is 6.56. The molecule has 0 bridgehead atoms. The molecule has 0 radical (unpaired) electrons. The highest BCUT2D eigenvalue weighted by Crippen LogP contribution is 2.23. The predicted octanol–water partition coefficient (Wildman–Crippen LogP) is 1.54. The van der Waals surface area contributed by atoms with E-state index in [9.17, 15) is 9.59 Å². The number of nitrogens with zero attached hydrogens (tertiary/aromatic N) is 1. The standard InChI is InChI=1S/C16H23NO6/c1-11(2)23-10-15(18)17(9-16(19)20)8-12-5-13(21-3)7-14(6-12)22-4/h5-7,11H,8-10H2,1-4H3,(H,19,20). The van der Waals surface area contributed by atoms with Crippen LogP contribution in [0.3, 0.4) is 0 Å². The molecule has 0 aliphatic carbocycles. The molecule has 7 heteroatoms. The van der Waals surface area contributed by atoms with Crippen molar-refractivity contribution in [1.82, 2.24) is 4.90 Å². The van der Waals surface area contributed by atoms with E-state index >= 15 is 0 Å². The molecule has 0 aliphatic heterocycles. The molecule has 1 amide bonds. The summed E-state index contributed by atoms with van der Waals surface area (Å²) in [7, 11) is 3.05. The Bertz CT molecular complexity index is 521. The molecule has 0 spiro atoms. The number of amides is 1. The van der Waals surface area contributed by atoms with Crippen molar-refractivity contribution in [3.63, 3.8) is 0 Å². The molecular formula is C16H23NO6. The molecule has 0 aliphatic rings. The highest BCUT2D eigenvalue weighted by atomic mass is 16.5. The number of carbonyl (C=O) groups excluding carboxylic acids is 1. The first-order valence-corrected chi connectivity index (χ1v) is 7.18. The molecule has 0 saturated carbocycles. The summed E-state index contributed by atoms with van der Waals surface area (Å²) in [6.45, 7) is 3.18. The molecule has 0 fully saturated rings. The SMILES string of the molecule is COc1cc(CN(CC(=O)O)C(=O)COC(C)C)cc(OC)c1. The quantitative estimate of drug-likeness (QED) is 0.741. The smallest absolute Gasteiger partial charge is 0.323 e. The number of carboxylic acids is 1. The van der Waals surface area contributed by atoms with Gasteiger partial charge in [0.05, 0.1) is 20.3 Å². The number of benzene rings is 1. The molecule has 0 saturated heterocycles. The van der Waals surface area contributed by atoms with Crippen molar-refractivity contribution in [3.05, 3.63) is 23.8 Å². The van der Waals surface area contributed by atoms with Gasteiger partial charge in [0.25, 0.3) is 0 Å². The fraction of sp³-hybridized carbons (Fsp3) is 0.500. The van der Waals surface area contributed by atoms with Crippen molar-refractivity contribution in [2.45, 2.75) is 26.5 Å². The highest BCUT2D eigenvalue weighted by molar-refractivity contribution is 5.82. The lowest BCUT2D eigenvalue weighted by Crippen LogP contribution is -2.38. The maximum atomic E-state index is 12.2. The highest BCUT2D eigenvalue weighted by Gasteiger charge is 2.18. The number of methoxy groups -OCH3 is 2. The fourth-order valence-corrected chi connectivity index (χ4v) is 1.90. The second kappa shape index (κ2) is 8.99. The number of rotatable bonds is 9. The minimum absolute atomic E-state index is 0.109. The van der Waals surface area contributed by atoms with E-state index in [4.69, 9.17) is 19.3 Å². The maximum absolute atomic E-state index is 12.2. The van der Waals surface area contributed by atoms with Crippen LogP contribution in [0.25, 0.3) is 0 Å². The minimum Gasteiger partial charge on any atom is -0.497 e. The predicted molar refractivity (Wildman–Crippen MR) is 83.7 cm³/mol. The molecule has 1 aromatic rings. The number of carboxylic acid groups (broad SMARTS) is 1. The van der Waals surface area contributed by atoms with Gasteiger partial charge in [0, 0.05) is 12.6 Å². The van der Waals surface area contributed by atoms with Gasteiger partial charge >= 0.3 is 5.97 Å². The van der Waals surface area contributed by atoms with E-state index in [1.807, 2.05) is 13.8 Å². The summed E-state index contributed by atoms with van der Waals surface area (Å²) >= 11 is 0. The molecule has 0 unspecified atom stereocenters. The second-order valence-corrected chi connectivity index (χ2v) is 5.22. The van der Waals surface area contributed by atoms with E-state index < -0.39 is 12.5 Å². The maximum Gasteiger partial charge on any atom is 0.323 e. The van der Waals surface area contributed by atoms with Crippen LogP contribution in [-0.4, -0.2) is 55.4 Å². The summed E-state index contributed by atoms with van der Waals surface area (Å²) in [5.41, 5.74) is 0.709. The Morgan fingerprint density at radius 2 is 1.70 bits per heavy atom. The molecule has 0 aromatic heterocycles. The third-order valence-corrected chi connectivity index (χ3v) is 3.00. The van der Waals surface area contributed by atoms with Gasteiger partial charge in [-0.2, -0.15) is 0 Å². The first-order chi connectivity index (χ1) is 10.8. The van der Waals surface area contributed by atoms with Gasteiger partial charge in [0.15, 0.2) is 0 Å². The average Bonchev–Trinajstić information content (AvgIpc) is 2.50. The van der Waals surface area contributed by atoms with Gasteiger partial charge in [-0.05, 0) is 31.5 Å². The van der Waals surface area contributed by atoms with Gasteiger partial charge in [-0.3, -0.25) is 9.59 Å². The van der Waals surface area contributed by atoms with Crippen LogP contribution >= 0.6 is 0 Å². The number of carbonyl (C=O) groups is 2. The van der Waals surface area contributed by atoms with E-state index in [1.54, 1.807) is 18.2 Å². The molecular weight excluding hydrogens is 302 g/mol. The van der Waals surface area contributed by atoms with Crippen LogP contribution in [0, 0.1) is 0 Å². The summed E-state index contributed by atoms with van der Waals surface area (Å²) in [6, 6.07) is 5.16. The number of aliphatic carboxylic acids is 1. The van der Waals surface area contributed by atoms with Crippen LogP contribution in [-0.2, 0) is 20.9 Å². The first kappa shape index (κ1) is 18.8. The summed E-state index contributed by atoms with van der Waals surface area (Å²) in [5.74, 6) is -0.332. The molecule has 23 heavy (non-hydrogen) atoms. The molecule has 1 rings (SSSR count). The van der Waals surface area contributed by atoms with E-state index in [2.05, 4.69) is 0 Å². The van der Waals surface area contributed by atoms with Gasteiger partial charge in [-0.1, -0.05) is 0 Å². The Hall–Kier alpha value is -2.28. The van der Waals surface area contributed by atoms with Gasteiger partial charge < -0.3 is 24.2 Å². The van der Waals surface area contributed by atoms with Crippen LogP contribution in [0.5, 0.6) is 11.5 Å². The lowest BCUT2D eigenvalue weighted by Gasteiger charge is -2.22. The van der Waals surface area contributed by atoms with Crippen LogP contribution in [0.2, 0.25) is 0 Å². The van der Waals surface area contributed by atoms with E-state index in [-0.39, 0.29) is 25.2 Å². The van der Waals surface area contributed by atoms with E-state index in [0.717, 1.165) is 0 Å². The van der Waals surface area contributed by atoms with Gasteiger partial charge in [0.2, 0.25) is 5.91 Å². The molecule has 128 valence electrons. The number of ether oxygens (including phenoxy) is 3. The zero-order chi connectivity index (χ0) is 17.4. The van der Waals surface area contributed by atoms with Crippen LogP contribution in [0.4, 0.5) is 0 Å². The number of hydrogen-bond donors (Lipinski definition) is 1. The van der Waals surface area contributed by atoms with E-state index in [1.165, 1.54) is 19.1 Å². The second-order valence-electron chi connectivity index (χ2n) is 5.22. The van der Waals surface area contributed by atoms with Gasteiger partial charge in [-0.15, -0.1) is 0 Å². The third-order valence-electron chi connectivity index (χ3n) is 3.00. The van der Waals surface area contributed by atoms with Crippen molar-refractivity contribution in [2.75, 3.05) is 27.4 Å². The van der Waals surface area contributed by atoms with Crippen LogP contribution in [0.1, 0.15) is 19.4 Å². The largest absolute Gasteiger partial charge is 0.497 e. The molecule has 1 N–H and O–H groups in total. The van der Waals surface area contributed by atoms with Crippen molar-refractivity contribution in [3.8, 4) is 11.5 Å². The molecule has 1 aromatic carbocycles. The Labute approximate surface area is 135 Å². The summed E-state index contributed by atoms with van der Waals surface area (Å²) in [4.78, 5) is 24.4. The summed E-state index contributed by atoms with van der Waals surface area (Å²) in [5, 5.41) is 9.01. The van der Waals surface area contributed by atoms with Crippen molar-refractivity contribution in [2.24, 2.45) is 0 Å². The van der Waals surface area contributed by atoms with Crippen molar-refractivity contribution < 1.29 is 28.9 Å². The van der Waals surface area contributed by atoms with Gasteiger partial charge in [-0.25, -0.2) is 0 Å². The fourth-order valence-electron chi connectivity index (χ4n) is 1.90. The Kier molecular flexibility index (Phi) is 7.34. The summed E-state index contributed by atoms with van der Waals surface area (Å²) in [6.07, 6.45) is -0.109. The Morgan fingerprint density at radius 3 is 2.13 bits per heavy atom. The van der Waals surface area contributed by atoms with Crippen LogP contribution in [0.15, 0.2) is 18.2 Å². The zero-order valence-electron chi connectivity index (χ0n) is 13.9. The lowest BCUT2D eigenvalue weighted by atomic mass is 10.2. The number of hydrogen-bond acceptors (Lipinski definition) is 5. The molecule has 0 heterocycles. The average molecular weight is 325 g/mol. The molecule has 7 nitrogen and oxygen atoms in total. The zero-order valence-corrected chi connectivity index (χ0v) is 13.9.